The van der Waals surface area contributed by atoms with Crippen LogP contribution in [-0.2, 0) is 0 Å². The van der Waals surface area contributed by atoms with Gasteiger partial charge in [-0.1, -0.05) is 50.1 Å². The van der Waals surface area contributed by atoms with Gasteiger partial charge in [0.2, 0.25) is 0 Å². The number of hydrogen-bond donors (Lipinski definition) is 0. The maximum absolute atomic E-state index is 2.28. The van der Waals surface area contributed by atoms with Crippen LogP contribution in [-0.4, -0.2) is 0 Å². The van der Waals surface area contributed by atoms with Gasteiger partial charge in [0.15, 0.2) is 0 Å². The zero-order valence-corrected chi connectivity index (χ0v) is 8.37. The molecule has 1 saturated carbocycles. The molecule has 0 aliphatic heterocycles. The Morgan fingerprint density at radius 2 is 2.00 bits per heavy atom. The van der Waals surface area contributed by atoms with Crippen molar-refractivity contribution in [1.82, 2.24) is 0 Å². The standard InChI is InChI=1S/C13H18/c1-2-3-7-12-10-13(12)11-8-5-4-6-9-11/h4-6,8-9,12-13H,2-3,7,10H2,1H3/t12-,13?/m1/s1. The highest BCUT2D eigenvalue weighted by Gasteiger charge is 2.36. The Kier molecular flexibility index (Phi) is 2.68. The SMILES string of the molecule is CCCC[C@@H]1CC1c1ccccc1. The lowest BCUT2D eigenvalue weighted by atomic mass is 10.1. The van der Waals surface area contributed by atoms with E-state index in [2.05, 4.69) is 37.3 Å². The minimum Gasteiger partial charge on any atom is -0.0654 e. The molecule has 0 radical (unpaired) electrons. The molecule has 0 aromatic heterocycles. The molecule has 2 atom stereocenters. The van der Waals surface area contributed by atoms with Gasteiger partial charge in [-0.2, -0.15) is 0 Å². The summed E-state index contributed by atoms with van der Waals surface area (Å²) >= 11 is 0. The summed E-state index contributed by atoms with van der Waals surface area (Å²) in [7, 11) is 0. The first-order valence-corrected chi connectivity index (χ1v) is 5.46. The van der Waals surface area contributed by atoms with E-state index in [4.69, 9.17) is 0 Å². The van der Waals surface area contributed by atoms with E-state index in [1.165, 1.54) is 25.7 Å². The summed E-state index contributed by atoms with van der Waals surface area (Å²) < 4.78 is 0. The van der Waals surface area contributed by atoms with E-state index in [9.17, 15) is 0 Å². The summed E-state index contributed by atoms with van der Waals surface area (Å²) in [5, 5.41) is 0. The minimum atomic E-state index is 0.896. The second kappa shape index (κ2) is 3.95. The second-order valence-corrected chi connectivity index (χ2v) is 4.16. The fourth-order valence-corrected chi connectivity index (χ4v) is 2.14. The van der Waals surface area contributed by atoms with Crippen LogP contribution >= 0.6 is 0 Å². The molecule has 13 heavy (non-hydrogen) atoms. The molecule has 0 N–H and O–H groups in total. The summed E-state index contributed by atoms with van der Waals surface area (Å²) in [6, 6.07) is 11.0. The van der Waals surface area contributed by atoms with E-state index in [1.807, 2.05) is 0 Å². The summed E-state index contributed by atoms with van der Waals surface area (Å²) in [6.45, 7) is 2.28. The van der Waals surface area contributed by atoms with Gasteiger partial charge in [-0.3, -0.25) is 0 Å². The molecule has 1 fully saturated rings. The van der Waals surface area contributed by atoms with Gasteiger partial charge in [0, 0.05) is 0 Å². The Bertz CT molecular complexity index is 250. The molecule has 1 unspecified atom stereocenters. The first-order valence-electron chi connectivity index (χ1n) is 5.46. The lowest BCUT2D eigenvalue weighted by molar-refractivity contribution is 0.640. The molecule has 70 valence electrons. The van der Waals surface area contributed by atoms with Crippen LogP contribution in [0.5, 0.6) is 0 Å². The third-order valence-electron chi connectivity index (χ3n) is 3.08. The van der Waals surface area contributed by atoms with E-state index in [0.717, 1.165) is 11.8 Å². The smallest absolute Gasteiger partial charge is 0.0131 e. The van der Waals surface area contributed by atoms with Crippen LogP contribution in [0.2, 0.25) is 0 Å². The van der Waals surface area contributed by atoms with Crippen molar-refractivity contribution in [2.24, 2.45) is 5.92 Å². The van der Waals surface area contributed by atoms with Crippen LogP contribution in [0.3, 0.4) is 0 Å². The third-order valence-corrected chi connectivity index (χ3v) is 3.08. The topological polar surface area (TPSA) is 0 Å². The Morgan fingerprint density at radius 1 is 1.23 bits per heavy atom. The van der Waals surface area contributed by atoms with Gasteiger partial charge >= 0.3 is 0 Å². The van der Waals surface area contributed by atoms with Crippen molar-refractivity contribution in [3.8, 4) is 0 Å². The van der Waals surface area contributed by atoms with Gasteiger partial charge in [0.1, 0.15) is 0 Å². The molecule has 0 nitrogen and oxygen atoms in total. The normalized spacial score (nSPS) is 25.9. The van der Waals surface area contributed by atoms with Crippen molar-refractivity contribution in [2.45, 2.75) is 38.5 Å². The Hall–Kier alpha value is -0.780. The zero-order valence-electron chi connectivity index (χ0n) is 8.37. The predicted octanol–water partition coefficient (Wildman–Crippen LogP) is 3.98. The largest absolute Gasteiger partial charge is 0.0654 e. The van der Waals surface area contributed by atoms with Gasteiger partial charge in [-0.05, 0) is 30.2 Å². The van der Waals surface area contributed by atoms with Gasteiger partial charge < -0.3 is 0 Å². The molecule has 0 heterocycles. The van der Waals surface area contributed by atoms with E-state index in [1.54, 1.807) is 5.56 Å². The Balaban J connectivity index is 1.86. The first kappa shape index (κ1) is 8.80. The maximum atomic E-state index is 2.28. The third kappa shape index (κ3) is 2.12. The highest BCUT2D eigenvalue weighted by atomic mass is 14.4. The molecule has 1 aromatic rings. The molecule has 1 aliphatic carbocycles. The average molecular weight is 174 g/mol. The highest BCUT2D eigenvalue weighted by molar-refractivity contribution is 5.25. The molecule has 0 saturated heterocycles. The quantitative estimate of drug-likeness (QED) is 0.647. The molecule has 0 spiro atoms. The molecule has 0 bridgehead atoms. The fraction of sp³-hybridized carbons (Fsp3) is 0.538. The molecule has 2 rings (SSSR count). The molecule has 1 aromatic carbocycles. The van der Waals surface area contributed by atoms with Crippen molar-refractivity contribution in [1.29, 1.82) is 0 Å². The molecular formula is C13H18. The lowest BCUT2D eigenvalue weighted by Crippen LogP contribution is -1.83. The summed E-state index contributed by atoms with van der Waals surface area (Å²) in [5.41, 5.74) is 1.56. The van der Waals surface area contributed by atoms with Crippen LogP contribution in [0.15, 0.2) is 30.3 Å². The van der Waals surface area contributed by atoms with E-state index < -0.39 is 0 Å². The zero-order chi connectivity index (χ0) is 9.10. The van der Waals surface area contributed by atoms with E-state index in [0.29, 0.717) is 0 Å². The predicted molar refractivity (Wildman–Crippen MR) is 56.8 cm³/mol. The molecule has 0 amide bonds. The maximum Gasteiger partial charge on any atom is -0.0131 e. The average Bonchev–Trinajstić information content (AvgIpc) is 2.95. The first-order chi connectivity index (χ1) is 6.42. The Labute approximate surface area is 81.0 Å². The minimum absolute atomic E-state index is 0.896. The van der Waals surface area contributed by atoms with Gasteiger partial charge in [0.25, 0.3) is 0 Å². The van der Waals surface area contributed by atoms with Gasteiger partial charge in [0.05, 0.1) is 0 Å². The summed E-state index contributed by atoms with van der Waals surface area (Å²) in [6.07, 6.45) is 5.63. The van der Waals surface area contributed by atoms with E-state index in [-0.39, 0.29) is 0 Å². The highest BCUT2D eigenvalue weighted by Crippen LogP contribution is 2.50. The van der Waals surface area contributed by atoms with Crippen LogP contribution in [0, 0.1) is 5.92 Å². The van der Waals surface area contributed by atoms with Crippen molar-refractivity contribution < 1.29 is 0 Å². The van der Waals surface area contributed by atoms with E-state index >= 15 is 0 Å². The fourth-order valence-electron chi connectivity index (χ4n) is 2.14. The van der Waals surface area contributed by atoms with Crippen LogP contribution in [0.1, 0.15) is 44.1 Å². The molecule has 1 aliphatic rings. The van der Waals surface area contributed by atoms with Gasteiger partial charge in [-0.15, -0.1) is 0 Å². The van der Waals surface area contributed by atoms with Crippen molar-refractivity contribution >= 4 is 0 Å². The number of rotatable bonds is 4. The number of hydrogen-bond acceptors (Lipinski definition) is 0. The number of benzene rings is 1. The molecular weight excluding hydrogens is 156 g/mol. The second-order valence-electron chi connectivity index (χ2n) is 4.16. The van der Waals surface area contributed by atoms with Crippen molar-refractivity contribution in [3.63, 3.8) is 0 Å². The van der Waals surface area contributed by atoms with Gasteiger partial charge in [-0.25, -0.2) is 0 Å². The monoisotopic (exact) mass is 174 g/mol. The lowest BCUT2D eigenvalue weighted by Gasteiger charge is -1.98. The van der Waals surface area contributed by atoms with Crippen LogP contribution in [0.25, 0.3) is 0 Å². The van der Waals surface area contributed by atoms with Crippen LogP contribution < -0.4 is 0 Å². The van der Waals surface area contributed by atoms with Crippen LogP contribution in [0.4, 0.5) is 0 Å². The Morgan fingerprint density at radius 3 is 2.69 bits per heavy atom. The number of unbranched alkanes of at least 4 members (excludes halogenated alkanes) is 1. The summed E-state index contributed by atoms with van der Waals surface area (Å²) in [4.78, 5) is 0. The van der Waals surface area contributed by atoms with Crippen molar-refractivity contribution in [2.75, 3.05) is 0 Å². The summed E-state index contributed by atoms with van der Waals surface area (Å²) in [5.74, 6) is 1.90. The van der Waals surface area contributed by atoms with Crippen molar-refractivity contribution in [3.05, 3.63) is 35.9 Å². The molecule has 0 heteroatoms.